The Balaban J connectivity index is 1.81. The maximum atomic E-state index is 13.0. The molecule has 0 radical (unpaired) electrons. The van der Waals surface area contributed by atoms with Gasteiger partial charge in [-0.1, -0.05) is 54.6 Å². The maximum absolute atomic E-state index is 13.0. The average Bonchev–Trinajstić information content (AvgIpc) is 2.87. The zero-order valence-corrected chi connectivity index (χ0v) is 19.6. The fourth-order valence-electron chi connectivity index (χ4n) is 3.23. The second kappa shape index (κ2) is 11.4. The summed E-state index contributed by atoms with van der Waals surface area (Å²) in [6.45, 7) is -0.451. The van der Waals surface area contributed by atoms with Crippen LogP contribution in [0.2, 0.25) is 0 Å². The summed E-state index contributed by atoms with van der Waals surface area (Å²) in [5.41, 5.74) is 0.875. The molecule has 0 fully saturated rings. The SMILES string of the molecule is COc1ccc([C@@H](CC(=O)OCC(=O)c2ccccc2)NS(=O)(=O)c2ccccc2)cc1OC. The van der Waals surface area contributed by atoms with Crippen LogP contribution in [-0.4, -0.2) is 41.0 Å². The Bertz CT molecular complexity index is 1230. The highest BCUT2D eigenvalue weighted by Crippen LogP contribution is 2.31. The Morgan fingerprint density at radius 3 is 2.09 bits per heavy atom. The van der Waals surface area contributed by atoms with Crippen molar-refractivity contribution < 1.29 is 32.2 Å². The molecule has 0 saturated heterocycles. The van der Waals surface area contributed by atoms with Crippen LogP contribution in [0.25, 0.3) is 0 Å². The van der Waals surface area contributed by atoms with Gasteiger partial charge in [0.1, 0.15) is 0 Å². The molecule has 3 aromatic carbocycles. The molecule has 1 N–H and O–H groups in total. The quantitative estimate of drug-likeness (QED) is 0.328. The van der Waals surface area contributed by atoms with E-state index in [-0.39, 0.29) is 17.1 Å². The first-order valence-electron chi connectivity index (χ1n) is 10.4. The lowest BCUT2D eigenvalue weighted by atomic mass is 10.0. The Kier molecular flexibility index (Phi) is 8.39. The minimum atomic E-state index is -3.96. The molecule has 3 rings (SSSR count). The molecule has 178 valence electrons. The highest BCUT2D eigenvalue weighted by Gasteiger charge is 2.26. The zero-order valence-electron chi connectivity index (χ0n) is 18.8. The maximum Gasteiger partial charge on any atom is 0.308 e. The van der Waals surface area contributed by atoms with Crippen molar-refractivity contribution in [1.82, 2.24) is 4.72 Å². The van der Waals surface area contributed by atoms with E-state index in [4.69, 9.17) is 14.2 Å². The number of methoxy groups -OCH3 is 2. The topological polar surface area (TPSA) is 108 Å². The van der Waals surface area contributed by atoms with Gasteiger partial charge in [-0.15, -0.1) is 0 Å². The molecule has 1 atom stereocenters. The second-order valence-electron chi connectivity index (χ2n) is 7.26. The molecule has 0 aliphatic carbocycles. The molecule has 34 heavy (non-hydrogen) atoms. The van der Waals surface area contributed by atoms with Crippen LogP contribution in [0, 0.1) is 0 Å². The summed E-state index contributed by atoms with van der Waals surface area (Å²) < 4.78 is 44.2. The number of ketones is 1. The number of benzene rings is 3. The summed E-state index contributed by atoms with van der Waals surface area (Å²) in [6.07, 6.45) is -0.344. The van der Waals surface area contributed by atoms with E-state index in [1.165, 1.54) is 26.4 Å². The second-order valence-corrected chi connectivity index (χ2v) is 8.97. The standard InChI is InChI=1S/C25H25NO7S/c1-31-23-14-13-19(15-24(23)32-2)21(26-34(29,30)20-11-7-4-8-12-20)16-25(28)33-17-22(27)18-9-5-3-6-10-18/h3-15,21,26H,16-17H2,1-2H3/t21-/m1/s1. The van der Waals surface area contributed by atoms with Crippen molar-refractivity contribution >= 4 is 21.8 Å². The van der Waals surface area contributed by atoms with Crippen LogP contribution in [0.3, 0.4) is 0 Å². The molecule has 0 aliphatic heterocycles. The number of esters is 1. The van der Waals surface area contributed by atoms with Gasteiger partial charge in [0, 0.05) is 5.56 Å². The zero-order chi connectivity index (χ0) is 24.6. The number of hydrogen-bond acceptors (Lipinski definition) is 7. The van der Waals surface area contributed by atoms with E-state index in [1.807, 2.05) is 0 Å². The van der Waals surface area contributed by atoms with Crippen LogP contribution < -0.4 is 14.2 Å². The van der Waals surface area contributed by atoms with Crippen LogP contribution in [-0.2, 0) is 19.6 Å². The summed E-state index contributed by atoms with van der Waals surface area (Å²) in [4.78, 5) is 24.9. The molecule has 8 nitrogen and oxygen atoms in total. The molecule has 0 aromatic heterocycles. The number of sulfonamides is 1. The van der Waals surface area contributed by atoms with Gasteiger partial charge in [-0.05, 0) is 29.8 Å². The molecule has 0 amide bonds. The number of ether oxygens (including phenoxy) is 3. The fourth-order valence-corrected chi connectivity index (χ4v) is 4.48. The molecule has 0 aliphatic rings. The van der Waals surface area contributed by atoms with Crippen molar-refractivity contribution in [2.24, 2.45) is 0 Å². The Labute approximate surface area is 198 Å². The van der Waals surface area contributed by atoms with E-state index in [9.17, 15) is 18.0 Å². The number of carbonyl (C=O) groups excluding carboxylic acids is 2. The van der Waals surface area contributed by atoms with Gasteiger partial charge in [0.15, 0.2) is 23.9 Å². The Morgan fingerprint density at radius 2 is 1.47 bits per heavy atom. The molecule has 0 unspecified atom stereocenters. The molecule has 3 aromatic rings. The monoisotopic (exact) mass is 483 g/mol. The van der Waals surface area contributed by atoms with Gasteiger partial charge in [0.05, 0.1) is 31.6 Å². The van der Waals surface area contributed by atoms with Crippen LogP contribution in [0.5, 0.6) is 11.5 Å². The summed E-state index contributed by atoms with van der Waals surface area (Å²) in [7, 11) is -1.03. The van der Waals surface area contributed by atoms with Gasteiger partial charge in [-0.25, -0.2) is 13.1 Å². The number of nitrogens with one attached hydrogen (secondary N) is 1. The molecular formula is C25H25NO7S. The van der Waals surface area contributed by atoms with Crippen molar-refractivity contribution in [2.45, 2.75) is 17.4 Å². The minimum Gasteiger partial charge on any atom is -0.493 e. The third-order valence-corrected chi connectivity index (χ3v) is 6.48. The average molecular weight is 484 g/mol. The van der Waals surface area contributed by atoms with Crippen molar-refractivity contribution in [3.05, 3.63) is 90.0 Å². The Hall–Kier alpha value is -3.69. The van der Waals surface area contributed by atoms with E-state index in [0.717, 1.165) is 0 Å². The molecule has 0 bridgehead atoms. The van der Waals surface area contributed by atoms with Gasteiger partial charge in [-0.3, -0.25) is 9.59 Å². The van der Waals surface area contributed by atoms with Crippen molar-refractivity contribution in [3.8, 4) is 11.5 Å². The largest absolute Gasteiger partial charge is 0.493 e. The molecule has 0 heterocycles. The van der Waals surface area contributed by atoms with E-state index in [2.05, 4.69) is 4.72 Å². The summed E-state index contributed by atoms with van der Waals surface area (Å²) in [5.74, 6) is -0.273. The van der Waals surface area contributed by atoms with E-state index >= 15 is 0 Å². The number of hydrogen-bond donors (Lipinski definition) is 1. The van der Waals surface area contributed by atoms with E-state index in [0.29, 0.717) is 22.6 Å². The first-order chi connectivity index (χ1) is 16.3. The third-order valence-electron chi connectivity index (χ3n) is 4.99. The predicted molar refractivity (Wildman–Crippen MR) is 125 cm³/mol. The minimum absolute atomic E-state index is 0.0492. The lowest BCUT2D eigenvalue weighted by Crippen LogP contribution is -2.31. The third kappa shape index (κ3) is 6.43. The highest BCUT2D eigenvalue weighted by atomic mass is 32.2. The predicted octanol–water partition coefficient (Wildman–Crippen LogP) is 3.54. The van der Waals surface area contributed by atoms with Gasteiger partial charge in [0.25, 0.3) is 0 Å². The van der Waals surface area contributed by atoms with E-state index in [1.54, 1.807) is 66.7 Å². The Morgan fingerprint density at radius 1 is 0.853 bits per heavy atom. The summed E-state index contributed by atoms with van der Waals surface area (Å²) in [5, 5.41) is 0. The first kappa shape index (κ1) is 24.9. The molecular weight excluding hydrogens is 458 g/mol. The van der Waals surface area contributed by atoms with Crippen LogP contribution in [0.15, 0.2) is 83.8 Å². The van der Waals surface area contributed by atoms with Crippen LogP contribution in [0.1, 0.15) is 28.4 Å². The lowest BCUT2D eigenvalue weighted by Gasteiger charge is -2.20. The van der Waals surface area contributed by atoms with Crippen molar-refractivity contribution in [1.29, 1.82) is 0 Å². The van der Waals surface area contributed by atoms with Gasteiger partial charge >= 0.3 is 5.97 Å². The smallest absolute Gasteiger partial charge is 0.308 e. The van der Waals surface area contributed by atoms with E-state index < -0.39 is 28.6 Å². The van der Waals surface area contributed by atoms with Crippen LogP contribution >= 0.6 is 0 Å². The normalized spacial score (nSPS) is 11.9. The highest BCUT2D eigenvalue weighted by molar-refractivity contribution is 7.89. The summed E-state index contributed by atoms with van der Waals surface area (Å²) in [6, 6.07) is 20.1. The number of rotatable bonds is 11. The van der Waals surface area contributed by atoms with Crippen LogP contribution in [0.4, 0.5) is 0 Å². The first-order valence-corrected chi connectivity index (χ1v) is 11.9. The van der Waals surface area contributed by atoms with Gasteiger partial charge < -0.3 is 14.2 Å². The number of carbonyl (C=O) groups is 2. The molecule has 0 saturated carbocycles. The number of Topliss-reactive ketones (excluding diaryl/α,β-unsaturated/α-hetero) is 1. The molecule has 9 heteroatoms. The summed E-state index contributed by atoms with van der Waals surface area (Å²) >= 11 is 0. The lowest BCUT2D eigenvalue weighted by molar-refractivity contribution is -0.143. The fraction of sp³-hybridized carbons (Fsp3) is 0.200. The van der Waals surface area contributed by atoms with Gasteiger partial charge in [0.2, 0.25) is 10.0 Å². The molecule has 0 spiro atoms. The van der Waals surface area contributed by atoms with Crippen molar-refractivity contribution in [2.75, 3.05) is 20.8 Å². The van der Waals surface area contributed by atoms with Gasteiger partial charge in [-0.2, -0.15) is 0 Å². The van der Waals surface area contributed by atoms with Crippen molar-refractivity contribution in [3.63, 3.8) is 0 Å².